The zero-order valence-corrected chi connectivity index (χ0v) is 9.17. The topological polar surface area (TPSA) is 53.4 Å². The van der Waals surface area contributed by atoms with E-state index in [1.54, 1.807) is 12.4 Å². The number of nitrogens with zero attached hydrogens (tertiary/aromatic N) is 2. The maximum absolute atomic E-state index is 10.8. The first-order chi connectivity index (χ1) is 7.75. The highest BCUT2D eigenvalue weighted by Crippen LogP contribution is 2.25. The van der Waals surface area contributed by atoms with Crippen LogP contribution in [0.4, 0.5) is 0 Å². The monoisotopic (exact) mass is 220 g/mol. The summed E-state index contributed by atoms with van der Waals surface area (Å²) in [7, 11) is 0. The normalized spacial score (nSPS) is 16.1. The second-order valence-electron chi connectivity index (χ2n) is 4.24. The molecule has 16 heavy (non-hydrogen) atoms. The number of pyridine rings is 1. The quantitative estimate of drug-likeness (QED) is 0.817. The number of hydrogen-bond acceptors (Lipinski definition) is 3. The van der Waals surface area contributed by atoms with Gasteiger partial charge in [0.1, 0.15) is 0 Å². The van der Waals surface area contributed by atoms with E-state index in [0.29, 0.717) is 12.6 Å². The lowest BCUT2D eigenvalue weighted by molar-refractivity contribution is -0.139. The third kappa shape index (κ3) is 2.79. The van der Waals surface area contributed by atoms with E-state index in [-0.39, 0.29) is 6.54 Å². The Bertz CT molecular complexity index is 349. The molecule has 0 bridgehead atoms. The Balaban J connectivity index is 1.98. The molecule has 1 saturated carbocycles. The van der Waals surface area contributed by atoms with Crippen molar-refractivity contribution in [3.63, 3.8) is 0 Å². The molecule has 0 aromatic carbocycles. The van der Waals surface area contributed by atoms with Gasteiger partial charge in [0.15, 0.2) is 0 Å². The zero-order chi connectivity index (χ0) is 11.4. The van der Waals surface area contributed by atoms with Crippen molar-refractivity contribution in [2.24, 2.45) is 0 Å². The van der Waals surface area contributed by atoms with Gasteiger partial charge in [-0.3, -0.25) is 14.7 Å². The van der Waals surface area contributed by atoms with Crippen LogP contribution in [-0.2, 0) is 11.3 Å². The molecule has 0 amide bonds. The summed E-state index contributed by atoms with van der Waals surface area (Å²) in [5.74, 6) is -0.749. The van der Waals surface area contributed by atoms with E-state index in [9.17, 15) is 4.79 Å². The maximum Gasteiger partial charge on any atom is 0.317 e. The van der Waals surface area contributed by atoms with Gasteiger partial charge in [-0.25, -0.2) is 0 Å². The molecule has 1 N–H and O–H groups in total. The summed E-state index contributed by atoms with van der Waals surface area (Å²) in [6, 6.07) is 4.32. The Hall–Kier alpha value is -1.42. The Morgan fingerprint density at radius 2 is 2.12 bits per heavy atom. The van der Waals surface area contributed by atoms with Crippen molar-refractivity contribution in [2.45, 2.75) is 31.8 Å². The summed E-state index contributed by atoms with van der Waals surface area (Å²) in [5, 5.41) is 8.88. The fraction of sp³-hybridized carbons (Fsp3) is 0.500. The van der Waals surface area contributed by atoms with Crippen LogP contribution in [0.25, 0.3) is 0 Å². The van der Waals surface area contributed by atoms with Gasteiger partial charge < -0.3 is 5.11 Å². The van der Waals surface area contributed by atoms with Crippen molar-refractivity contribution < 1.29 is 9.90 Å². The molecule has 1 fully saturated rings. The van der Waals surface area contributed by atoms with E-state index >= 15 is 0 Å². The van der Waals surface area contributed by atoms with Crippen LogP contribution in [0.15, 0.2) is 24.5 Å². The third-order valence-corrected chi connectivity index (χ3v) is 3.06. The Labute approximate surface area is 94.9 Å². The number of carboxylic acids is 1. The minimum atomic E-state index is -0.749. The first-order valence-electron chi connectivity index (χ1n) is 5.60. The summed E-state index contributed by atoms with van der Waals surface area (Å²) < 4.78 is 0. The van der Waals surface area contributed by atoms with E-state index < -0.39 is 5.97 Å². The number of rotatable bonds is 5. The van der Waals surface area contributed by atoms with Gasteiger partial charge in [0, 0.05) is 25.0 Å². The van der Waals surface area contributed by atoms with Crippen molar-refractivity contribution in [1.29, 1.82) is 0 Å². The molecule has 1 aliphatic carbocycles. The Kier molecular flexibility index (Phi) is 3.51. The van der Waals surface area contributed by atoms with E-state index in [1.165, 1.54) is 6.42 Å². The summed E-state index contributed by atoms with van der Waals surface area (Å²) in [6.07, 6.45) is 6.96. The van der Waals surface area contributed by atoms with Gasteiger partial charge in [-0.15, -0.1) is 0 Å². The molecule has 1 aromatic rings. The number of carboxylic acid groups (broad SMARTS) is 1. The average molecular weight is 220 g/mol. The molecule has 4 heteroatoms. The number of aromatic nitrogens is 1. The zero-order valence-electron chi connectivity index (χ0n) is 9.17. The number of hydrogen-bond donors (Lipinski definition) is 1. The van der Waals surface area contributed by atoms with E-state index in [0.717, 1.165) is 18.4 Å². The second-order valence-corrected chi connectivity index (χ2v) is 4.24. The van der Waals surface area contributed by atoms with Gasteiger partial charge in [-0.1, -0.05) is 6.42 Å². The van der Waals surface area contributed by atoms with Crippen LogP contribution >= 0.6 is 0 Å². The fourth-order valence-corrected chi connectivity index (χ4v) is 1.96. The standard InChI is InChI=1S/C12H16N2O2/c15-12(16)9-14(11-2-1-3-11)8-10-4-6-13-7-5-10/h4-7,11H,1-3,8-9H2,(H,15,16). The van der Waals surface area contributed by atoms with Gasteiger partial charge in [-0.2, -0.15) is 0 Å². The van der Waals surface area contributed by atoms with Gasteiger partial charge in [-0.05, 0) is 30.5 Å². The van der Waals surface area contributed by atoms with Gasteiger partial charge in [0.2, 0.25) is 0 Å². The number of aliphatic carboxylic acids is 1. The van der Waals surface area contributed by atoms with Gasteiger partial charge in [0.25, 0.3) is 0 Å². The van der Waals surface area contributed by atoms with Gasteiger partial charge >= 0.3 is 5.97 Å². The van der Waals surface area contributed by atoms with E-state index in [4.69, 9.17) is 5.11 Å². The highest BCUT2D eigenvalue weighted by atomic mass is 16.4. The summed E-state index contributed by atoms with van der Waals surface area (Å²) >= 11 is 0. The SMILES string of the molecule is O=C(O)CN(Cc1ccncc1)C1CCC1. The van der Waals surface area contributed by atoms with Crippen molar-refractivity contribution in [1.82, 2.24) is 9.88 Å². The molecular formula is C12H16N2O2. The lowest BCUT2D eigenvalue weighted by Crippen LogP contribution is -2.42. The van der Waals surface area contributed by atoms with Crippen LogP contribution in [-0.4, -0.2) is 33.5 Å². The molecule has 1 aliphatic rings. The predicted octanol–water partition coefficient (Wildman–Crippen LogP) is 1.52. The molecule has 1 heterocycles. The second kappa shape index (κ2) is 5.07. The van der Waals surface area contributed by atoms with Crippen LogP contribution in [0, 0.1) is 0 Å². The van der Waals surface area contributed by atoms with E-state index in [2.05, 4.69) is 4.98 Å². The van der Waals surface area contributed by atoms with Crippen LogP contribution in [0.2, 0.25) is 0 Å². The smallest absolute Gasteiger partial charge is 0.317 e. The summed E-state index contributed by atoms with van der Waals surface area (Å²) in [4.78, 5) is 16.8. The molecular weight excluding hydrogens is 204 g/mol. The van der Waals surface area contributed by atoms with Gasteiger partial charge in [0.05, 0.1) is 6.54 Å². The maximum atomic E-state index is 10.8. The minimum absolute atomic E-state index is 0.132. The molecule has 2 rings (SSSR count). The highest BCUT2D eigenvalue weighted by molar-refractivity contribution is 5.69. The molecule has 0 saturated heterocycles. The highest BCUT2D eigenvalue weighted by Gasteiger charge is 2.26. The molecule has 0 unspecified atom stereocenters. The fourth-order valence-electron chi connectivity index (χ4n) is 1.96. The largest absolute Gasteiger partial charge is 0.480 e. The van der Waals surface area contributed by atoms with E-state index in [1.807, 2.05) is 17.0 Å². The van der Waals surface area contributed by atoms with Crippen molar-refractivity contribution in [3.8, 4) is 0 Å². The van der Waals surface area contributed by atoms with Crippen LogP contribution < -0.4 is 0 Å². The van der Waals surface area contributed by atoms with Crippen molar-refractivity contribution >= 4 is 5.97 Å². The Morgan fingerprint density at radius 1 is 1.44 bits per heavy atom. The van der Waals surface area contributed by atoms with Crippen molar-refractivity contribution in [2.75, 3.05) is 6.54 Å². The minimum Gasteiger partial charge on any atom is -0.480 e. The lowest BCUT2D eigenvalue weighted by Gasteiger charge is -2.36. The van der Waals surface area contributed by atoms with Crippen LogP contribution in [0.5, 0.6) is 0 Å². The molecule has 0 atom stereocenters. The molecule has 86 valence electrons. The molecule has 0 spiro atoms. The number of carbonyl (C=O) groups is 1. The molecule has 0 aliphatic heterocycles. The lowest BCUT2D eigenvalue weighted by atomic mass is 9.91. The first-order valence-corrected chi connectivity index (χ1v) is 5.60. The van der Waals surface area contributed by atoms with Crippen LogP contribution in [0.3, 0.4) is 0 Å². The molecule has 4 nitrogen and oxygen atoms in total. The molecule has 1 aromatic heterocycles. The van der Waals surface area contributed by atoms with Crippen molar-refractivity contribution in [3.05, 3.63) is 30.1 Å². The predicted molar refractivity (Wildman–Crippen MR) is 59.9 cm³/mol. The third-order valence-electron chi connectivity index (χ3n) is 3.06. The first kappa shape index (κ1) is 11.1. The van der Waals surface area contributed by atoms with Crippen LogP contribution in [0.1, 0.15) is 24.8 Å². The summed E-state index contributed by atoms with van der Waals surface area (Å²) in [5.41, 5.74) is 1.13. The Morgan fingerprint density at radius 3 is 2.62 bits per heavy atom. The molecule has 0 radical (unpaired) electrons. The summed E-state index contributed by atoms with van der Waals surface area (Å²) in [6.45, 7) is 0.840. The average Bonchev–Trinajstić information content (AvgIpc) is 2.15.